The van der Waals surface area contributed by atoms with Crippen molar-refractivity contribution in [3.05, 3.63) is 18.2 Å². The molecule has 1 rings (SSSR count). The number of anilines is 1. The van der Waals surface area contributed by atoms with Gasteiger partial charge in [0.1, 0.15) is 5.75 Å². The molecule has 0 fully saturated rings. The number of thioether (sulfide) groups is 1. The molecule has 0 radical (unpaired) electrons. The van der Waals surface area contributed by atoms with Crippen LogP contribution < -0.4 is 10.5 Å². The van der Waals surface area contributed by atoms with Crippen LogP contribution in [-0.4, -0.2) is 12.4 Å². The van der Waals surface area contributed by atoms with Crippen molar-refractivity contribution < 1.29 is 4.74 Å². The Hall–Kier alpha value is -1.34. The first kappa shape index (κ1) is 14.7. The van der Waals surface area contributed by atoms with Crippen molar-refractivity contribution >= 4 is 17.4 Å². The fourth-order valence-corrected chi connectivity index (χ4v) is 2.63. The van der Waals surface area contributed by atoms with Gasteiger partial charge in [-0.05, 0) is 51.1 Å². The van der Waals surface area contributed by atoms with E-state index in [0.29, 0.717) is 6.61 Å². The van der Waals surface area contributed by atoms with Crippen LogP contribution in [0.25, 0.3) is 0 Å². The largest absolute Gasteiger partial charge is 0.494 e. The van der Waals surface area contributed by atoms with E-state index in [1.54, 1.807) is 11.8 Å². The smallest absolute Gasteiger partial charge is 0.120 e. The number of nitrogens with two attached hydrogens (primary N) is 1. The minimum Gasteiger partial charge on any atom is -0.494 e. The lowest BCUT2D eigenvalue weighted by Crippen LogP contribution is -2.08. The average Bonchev–Trinajstić information content (AvgIpc) is 2.33. The normalized spacial score (nSPS) is 11.0. The van der Waals surface area contributed by atoms with E-state index in [9.17, 15) is 0 Å². The van der Waals surface area contributed by atoms with Crippen molar-refractivity contribution in [3.8, 4) is 11.8 Å². The van der Waals surface area contributed by atoms with E-state index in [0.717, 1.165) is 28.5 Å². The highest BCUT2D eigenvalue weighted by atomic mass is 32.2. The summed E-state index contributed by atoms with van der Waals surface area (Å²) in [6, 6.07) is 8.01. The lowest BCUT2D eigenvalue weighted by molar-refractivity contribution is 0.339. The van der Waals surface area contributed by atoms with Gasteiger partial charge in [0.15, 0.2) is 0 Å². The Bertz CT molecular complexity index is 438. The number of rotatable bonds is 6. The number of hydrogen-bond donors (Lipinski definition) is 1. The van der Waals surface area contributed by atoms with Crippen LogP contribution in [0.4, 0.5) is 5.69 Å². The first-order valence-corrected chi connectivity index (χ1v) is 7.03. The number of benzene rings is 1. The van der Waals surface area contributed by atoms with Crippen molar-refractivity contribution in [2.24, 2.45) is 5.41 Å². The summed E-state index contributed by atoms with van der Waals surface area (Å²) in [7, 11) is 0. The first-order chi connectivity index (χ1) is 8.48. The van der Waals surface area contributed by atoms with Gasteiger partial charge >= 0.3 is 0 Å². The lowest BCUT2D eigenvalue weighted by Gasteiger charge is -2.15. The molecule has 0 heterocycles. The fourth-order valence-electron chi connectivity index (χ4n) is 1.37. The van der Waals surface area contributed by atoms with Gasteiger partial charge in [-0.2, -0.15) is 5.26 Å². The van der Waals surface area contributed by atoms with Crippen molar-refractivity contribution in [1.82, 2.24) is 0 Å². The van der Waals surface area contributed by atoms with Crippen LogP contribution >= 0.6 is 11.8 Å². The van der Waals surface area contributed by atoms with Crippen LogP contribution in [0.15, 0.2) is 23.1 Å². The molecule has 0 aliphatic carbocycles. The van der Waals surface area contributed by atoms with Gasteiger partial charge in [-0.15, -0.1) is 11.8 Å². The third kappa shape index (κ3) is 4.50. The van der Waals surface area contributed by atoms with Gasteiger partial charge in [0, 0.05) is 10.6 Å². The Labute approximate surface area is 113 Å². The maximum absolute atomic E-state index is 8.96. The zero-order chi connectivity index (χ0) is 13.6. The summed E-state index contributed by atoms with van der Waals surface area (Å²) in [6.45, 7) is 6.51. The quantitative estimate of drug-likeness (QED) is 0.628. The van der Waals surface area contributed by atoms with Crippen LogP contribution in [0, 0.1) is 16.7 Å². The number of nitrogens with zero attached hydrogens (tertiary/aromatic N) is 1. The molecule has 0 aromatic heterocycles. The van der Waals surface area contributed by atoms with E-state index in [-0.39, 0.29) is 5.41 Å². The molecule has 3 nitrogen and oxygen atoms in total. The van der Waals surface area contributed by atoms with Gasteiger partial charge in [-0.1, -0.05) is 0 Å². The highest BCUT2D eigenvalue weighted by Crippen LogP contribution is 2.32. The zero-order valence-electron chi connectivity index (χ0n) is 11.2. The van der Waals surface area contributed by atoms with Crippen LogP contribution in [-0.2, 0) is 0 Å². The average molecular weight is 264 g/mol. The van der Waals surface area contributed by atoms with Crippen molar-refractivity contribution in [2.75, 3.05) is 18.1 Å². The third-order valence-electron chi connectivity index (χ3n) is 2.58. The highest BCUT2D eigenvalue weighted by Gasteiger charge is 2.16. The van der Waals surface area contributed by atoms with Gasteiger partial charge in [-0.25, -0.2) is 0 Å². The molecule has 0 aliphatic heterocycles. The molecule has 0 bridgehead atoms. The summed E-state index contributed by atoms with van der Waals surface area (Å²) < 4.78 is 5.45. The summed E-state index contributed by atoms with van der Waals surface area (Å²) >= 11 is 1.67. The maximum Gasteiger partial charge on any atom is 0.120 e. The minimum absolute atomic E-state index is 0.278. The Morgan fingerprint density at radius 1 is 1.44 bits per heavy atom. The molecule has 0 saturated heterocycles. The Morgan fingerprint density at radius 2 is 2.17 bits per heavy atom. The molecule has 2 N–H and O–H groups in total. The topological polar surface area (TPSA) is 59.0 Å². The molecule has 0 unspecified atom stereocenters. The summed E-state index contributed by atoms with van der Waals surface area (Å²) in [5.74, 6) is 1.72. The molecule has 4 heteroatoms. The van der Waals surface area contributed by atoms with Crippen molar-refractivity contribution in [1.29, 1.82) is 5.26 Å². The van der Waals surface area contributed by atoms with E-state index in [2.05, 4.69) is 6.07 Å². The van der Waals surface area contributed by atoms with Gasteiger partial charge in [-0.3, -0.25) is 0 Å². The van der Waals surface area contributed by atoms with E-state index < -0.39 is 0 Å². The predicted molar refractivity (Wildman–Crippen MR) is 76.8 cm³/mol. The summed E-state index contributed by atoms with van der Waals surface area (Å²) in [4.78, 5) is 1.02. The summed E-state index contributed by atoms with van der Waals surface area (Å²) in [5, 5.41) is 8.96. The summed E-state index contributed by atoms with van der Waals surface area (Å²) in [6.07, 6.45) is 0.840. The predicted octanol–water partition coefficient (Wildman–Crippen LogP) is 3.70. The van der Waals surface area contributed by atoms with Gasteiger partial charge in [0.2, 0.25) is 0 Å². The second-order valence-corrected chi connectivity index (χ2v) is 5.86. The SMILES string of the molecule is CCOc1ccc(N)c(SCCC(C)(C)C#N)c1. The molecule has 98 valence electrons. The molecule has 0 saturated carbocycles. The molecule has 0 spiro atoms. The Balaban J connectivity index is 2.61. The Morgan fingerprint density at radius 3 is 2.78 bits per heavy atom. The van der Waals surface area contributed by atoms with Crippen LogP contribution in [0.5, 0.6) is 5.75 Å². The van der Waals surface area contributed by atoms with Crippen LogP contribution in [0.3, 0.4) is 0 Å². The second kappa shape index (κ2) is 6.55. The molecular formula is C14H20N2OS. The number of ether oxygens (including phenoxy) is 1. The van der Waals surface area contributed by atoms with Crippen molar-refractivity contribution in [2.45, 2.75) is 32.1 Å². The van der Waals surface area contributed by atoms with Gasteiger partial charge in [0.05, 0.1) is 18.1 Å². The van der Waals surface area contributed by atoms with Gasteiger partial charge < -0.3 is 10.5 Å². The molecule has 18 heavy (non-hydrogen) atoms. The van der Waals surface area contributed by atoms with E-state index in [1.807, 2.05) is 39.0 Å². The fraction of sp³-hybridized carbons (Fsp3) is 0.500. The molecular weight excluding hydrogens is 244 g/mol. The molecule has 0 amide bonds. The molecule has 1 aromatic rings. The first-order valence-electron chi connectivity index (χ1n) is 6.05. The van der Waals surface area contributed by atoms with Crippen molar-refractivity contribution in [3.63, 3.8) is 0 Å². The zero-order valence-corrected chi connectivity index (χ0v) is 12.0. The molecule has 0 aliphatic rings. The molecule has 0 atom stereocenters. The summed E-state index contributed by atoms with van der Waals surface area (Å²) in [5.41, 5.74) is 6.41. The van der Waals surface area contributed by atoms with Crippen LogP contribution in [0.2, 0.25) is 0 Å². The van der Waals surface area contributed by atoms with Gasteiger partial charge in [0.25, 0.3) is 0 Å². The maximum atomic E-state index is 8.96. The van der Waals surface area contributed by atoms with E-state index in [4.69, 9.17) is 15.7 Å². The van der Waals surface area contributed by atoms with E-state index in [1.165, 1.54) is 0 Å². The molecule has 1 aromatic carbocycles. The third-order valence-corrected chi connectivity index (χ3v) is 3.66. The number of nitrogen functional groups attached to an aromatic ring is 1. The van der Waals surface area contributed by atoms with E-state index >= 15 is 0 Å². The monoisotopic (exact) mass is 264 g/mol. The number of nitriles is 1. The second-order valence-electron chi connectivity index (χ2n) is 4.73. The minimum atomic E-state index is -0.278. The number of hydrogen-bond acceptors (Lipinski definition) is 4. The standard InChI is InChI=1S/C14H20N2OS/c1-4-17-11-5-6-12(16)13(9-11)18-8-7-14(2,3)10-15/h5-6,9H,4,7-8,16H2,1-3H3. The highest BCUT2D eigenvalue weighted by molar-refractivity contribution is 7.99. The van der Waals surface area contributed by atoms with Crippen LogP contribution in [0.1, 0.15) is 27.2 Å². The lowest BCUT2D eigenvalue weighted by atomic mass is 9.93. The Kier molecular flexibility index (Phi) is 5.36.